The molecule has 0 saturated heterocycles. The van der Waals surface area contributed by atoms with Gasteiger partial charge < -0.3 is 4.98 Å². The molecule has 0 amide bonds. The van der Waals surface area contributed by atoms with E-state index in [0.29, 0.717) is 11.0 Å². The number of hydrogen-bond donors (Lipinski definition) is 2. The summed E-state index contributed by atoms with van der Waals surface area (Å²) in [4.78, 5) is 6.51. The zero-order valence-electron chi connectivity index (χ0n) is 8.12. The van der Waals surface area contributed by atoms with Gasteiger partial charge in [-0.25, -0.2) is 4.98 Å². The van der Waals surface area contributed by atoms with Gasteiger partial charge in [-0.1, -0.05) is 0 Å². The molecule has 0 bridgehead atoms. The minimum absolute atomic E-state index is 0.181. The van der Waals surface area contributed by atoms with Gasteiger partial charge in [0.05, 0.1) is 23.0 Å². The Morgan fingerprint density at radius 2 is 2.00 bits per heavy atom. The van der Waals surface area contributed by atoms with E-state index in [4.69, 9.17) is 0 Å². The molecule has 9 heteroatoms. The molecule has 1 aromatic carbocycles. The first-order valence-electron chi connectivity index (χ1n) is 4.32. The Bertz CT molecular complexity index is 647. The number of alkyl halides is 3. The molecule has 2 aromatic rings. The molecule has 2 N–H and O–H groups in total. The maximum atomic E-state index is 12.1. The Labute approximate surface area is 93.7 Å². The fraction of sp³-hybridized carbons (Fsp3) is 0.125. The molecule has 92 valence electrons. The van der Waals surface area contributed by atoms with Crippen LogP contribution in [0.15, 0.2) is 24.5 Å². The lowest BCUT2D eigenvalue weighted by molar-refractivity contribution is -0.0429. The van der Waals surface area contributed by atoms with Crippen molar-refractivity contribution in [3.8, 4) is 0 Å². The highest BCUT2D eigenvalue weighted by Crippen LogP contribution is 2.26. The van der Waals surface area contributed by atoms with E-state index >= 15 is 0 Å². The Balaban J connectivity index is 2.36. The molecule has 0 aliphatic carbocycles. The fourth-order valence-corrected chi connectivity index (χ4v) is 1.77. The van der Waals surface area contributed by atoms with Crippen molar-refractivity contribution < 1.29 is 21.6 Å². The summed E-state index contributed by atoms with van der Waals surface area (Å²) in [6.07, 6.45) is 1.35. The molecule has 0 spiro atoms. The number of hydrogen-bond acceptors (Lipinski definition) is 3. The Kier molecular flexibility index (Phi) is 2.49. The SMILES string of the molecule is O=S(=O)(Nc1ccc2nc[nH]c2c1)C(F)(F)F. The molecule has 0 unspecified atom stereocenters. The third kappa shape index (κ3) is 2.18. The van der Waals surface area contributed by atoms with Crippen LogP contribution in [-0.2, 0) is 10.0 Å². The number of benzene rings is 1. The number of halogens is 3. The van der Waals surface area contributed by atoms with Crippen LogP contribution in [0.4, 0.5) is 18.9 Å². The molecule has 1 heterocycles. The van der Waals surface area contributed by atoms with Crippen LogP contribution in [0.2, 0.25) is 0 Å². The van der Waals surface area contributed by atoms with Crippen LogP contribution in [0, 0.1) is 0 Å². The van der Waals surface area contributed by atoms with E-state index in [-0.39, 0.29) is 5.69 Å². The molecule has 0 radical (unpaired) electrons. The highest BCUT2D eigenvalue weighted by molar-refractivity contribution is 7.93. The Morgan fingerprint density at radius 3 is 2.65 bits per heavy atom. The van der Waals surface area contributed by atoms with Gasteiger partial charge in [-0.15, -0.1) is 0 Å². The lowest BCUT2D eigenvalue weighted by Crippen LogP contribution is -2.29. The van der Waals surface area contributed by atoms with Gasteiger partial charge in [-0.2, -0.15) is 21.6 Å². The van der Waals surface area contributed by atoms with Crippen molar-refractivity contribution in [3.63, 3.8) is 0 Å². The molecule has 5 nitrogen and oxygen atoms in total. The van der Waals surface area contributed by atoms with Gasteiger partial charge in [0, 0.05) is 0 Å². The van der Waals surface area contributed by atoms with Crippen molar-refractivity contribution in [1.82, 2.24) is 9.97 Å². The van der Waals surface area contributed by atoms with Crippen LogP contribution in [0.3, 0.4) is 0 Å². The van der Waals surface area contributed by atoms with Gasteiger partial charge >= 0.3 is 15.5 Å². The number of H-pyrrole nitrogens is 1. The Hall–Kier alpha value is -1.77. The summed E-state index contributed by atoms with van der Waals surface area (Å²) < 4.78 is 59.4. The summed E-state index contributed by atoms with van der Waals surface area (Å²) in [7, 11) is -5.39. The first-order chi connectivity index (χ1) is 7.79. The molecular weight excluding hydrogens is 259 g/mol. The predicted molar refractivity (Wildman–Crippen MR) is 54.7 cm³/mol. The quantitative estimate of drug-likeness (QED) is 0.869. The van der Waals surface area contributed by atoms with Crippen molar-refractivity contribution in [1.29, 1.82) is 0 Å². The highest BCUT2D eigenvalue weighted by Gasteiger charge is 2.46. The summed E-state index contributed by atoms with van der Waals surface area (Å²) >= 11 is 0. The molecule has 0 fully saturated rings. The first kappa shape index (κ1) is 11.7. The third-order valence-corrected chi connectivity index (χ3v) is 3.09. The van der Waals surface area contributed by atoms with E-state index in [1.165, 1.54) is 29.2 Å². The smallest absolute Gasteiger partial charge is 0.345 e. The molecule has 1 aromatic heterocycles. The van der Waals surface area contributed by atoms with Crippen LogP contribution in [0.5, 0.6) is 0 Å². The van der Waals surface area contributed by atoms with Crippen LogP contribution in [-0.4, -0.2) is 23.9 Å². The van der Waals surface area contributed by atoms with Crippen molar-refractivity contribution in [2.75, 3.05) is 4.72 Å². The average Bonchev–Trinajstić information content (AvgIpc) is 2.62. The van der Waals surface area contributed by atoms with Gasteiger partial charge in [0.2, 0.25) is 0 Å². The monoisotopic (exact) mass is 265 g/mol. The minimum Gasteiger partial charge on any atom is -0.345 e. The Morgan fingerprint density at radius 1 is 1.29 bits per heavy atom. The van der Waals surface area contributed by atoms with Gasteiger partial charge in [0.25, 0.3) is 0 Å². The number of aromatic nitrogens is 2. The van der Waals surface area contributed by atoms with E-state index in [2.05, 4.69) is 9.97 Å². The van der Waals surface area contributed by atoms with E-state index in [0.717, 1.165) is 0 Å². The lowest BCUT2D eigenvalue weighted by Gasteiger charge is -2.10. The lowest BCUT2D eigenvalue weighted by atomic mass is 10.3. The van der Waals surface area contributed by atoms with E-state index in [1.54, 1.807) is 0 Å². The molecule has 0 atom stereocenters. The molecule has 0 saturated carbocycles. The number of sulfonamides is 1. The van der Waals surface area contributed by atoms with Crippen molar-refractivity contribution >= 4 is 26.7 Å². The summed E-state index contributed by atoms with van der Waals surface area (Å²) in [5.74, 6) is 0. The topological polar surface area (TPSA) is 74.8 Å². The molecule has 17 heavy (non-hydrogen) atoms. The van der Waals surface area contributed by atoms with Crippen LogP contribution in [0.1, 0.15) is 0 Å². The number of nitrogens with zero attached hydrogens (tertiary/aromatic N) is 1. The predicted octanol–water partition coefficient (Wildman–Crippen LogP) is 1.82. The minimum atomic E-state index is -5.39. The second kappa shape index (κ2) is 3.62. The molecule has 0 aliphatic heterocycles. The van der Waals surface area contributed by atoms with E-state index in [1.807, 2.05) is 0 Å². The maximum Gasteiger partial charge on any atom is 0.516 e. The first-order valence-corrected chi connectivity index (χ1v) is 5.80. The third-order valence-electron chi connectivity index (χ3n) is 1.98. The van der Waals surface area contributed by atoms with E-state index < -0.39 is 15.5 Å². The van der Waals surface area contributed by atoms with Gasteiger partial charge in [0.15, 0.2) is 0 Å². The maximum absolute atomic E-state index is 12.1. The second-order valence-electron chi connectivity index (χ2n) is 3.19. The molecule has 2 rings (SSSR count). The number of imidazole rings is 1. The summed E-state index contributed by atoms with van der Waals surface area (Å²) in [6, 6.07) is 3.83. The summed E-state index contributed by atoms with van der Waals surface area (Å²) in [6.45, 7) is 0. The largest absolute Gasteiger partial charge is 0.516 e. The number of aromatic amines is 1. The normalized spacial score (nSPS) is 12.9. The highest BCUT2D eigenvalue weighted by atomic mass is 32.2. The molecular formula is C8H6F3N3O2S. The van der Waals surface area contributed by atoms with Crippen molar-refractivity contribution in [2.24, 2.45) is 0 Å². The second-order valence-corrected chi connectivity index (χ2v) is 4.86. The fourth-order valence-electron chi connectivity index (χ4n) is 1.21. The average molecular weight is 265 g/mol. The van der Waals surface area contributed by atoms with Crippen LogP contribution in [0.25, 0.3) is 11.0 Å². The zero-order valence-corrected chi connectivity index (χ0v) is 8.93. The standard InChI is InChI=1S/C8H6F3N3O2S/c9-8(10,11)17(15,16)14-5-1-2-6-7(3-5)13-4-12-6/h1-4,14H,(H,12,13). The zero-order chi connectivity index (χ0) is 12.7. The number of rotatable bonds is 2. The summed E-state index contributed by atoms with van der Waals surface area (Å²) in [5, 5.41) is 0. The summed E-state index contributed by atoms with van der Waals surface area (Å²) in [5.41, 5.74) is -4.55. The van der Waals surface area contributed by atoms with Gasteiger partial charge in [0.1, 0.15) is 0 Å². The van der Waals surface area contributed by atoms with Gasteiger partial charge in [-0.3, -0.25) is 4.72 Å². The number of fused-ring (bicyclic) bond motifs is 1. The number of anilines is 1. The van der Waals surface area contributed by atoms with Gasteiger partial charge in [-0.05, 0) is 18.2 Å². The van der Waals surface area contributed by atoms with Crippen LogP contribution < -0.4 is 4.72 Å². The molecule has 0 aliphatic rings. The van der Waals surface area contributed by atoms with Crippen molar-refractivity contribution in [3.05, 3.63) is 24.5 Å². The number of nitrogens with one attached hydrogen (secondary N) is 2. The van der Waals surface area contributed by atoms with Crippen molar-refractivity contribution in [2.45, 2.75) is 5.51 Å². The van der Waals surface area contributed by atoms with Crippen LogP contribution >= 0.6 is 0 Å². The van der Waals surface area contributed by atoms with E-state index in [9.17, 15) is 21.6 Å².